The van der Waals surface area contributed by atoms with Crippen molar-refractivity contribution in [1.82, 2.24) is 15.3 Å². The van der Waals surface area contributed by atoms with Gasteiger partial charge >= 0.3 is 0 Å². The Balaban J connectivity index is 1.38. The first kappa shape index (κ1) is 23.9. The Hall–Kier alpha value is -4.28. The number of nitrogens with zero attached hydrogens (tertiary/aromatic N) is 2. The van der Waals surface area contributed by atoms with Gasteiger partial charge in [-0.3, -0.25) is 9.78 Å². The van der Waals surface area contributed by atoms with Gasteiger partial charge in [-0.05, 0) is 58.5 Å². The molecule has 2 aromatic heterocycles. The Bertz CT molecular complexity index is 1500. The van der Waals surface area contributed by atoms with Gasteiger partial charge in [0.2, 0.25) is 0 Å². The quantitative estimate of drug-likeness (QED) is 0.420. The number of aromatic nitrogens is 2. The Morgan fingerprint density at radius 3 is 2.46 bits per heavy atom. The molecule has 2 aromatic carbocycles. The lowest BCUT2D eigenvalue weighted by molar-refractivity contribution is 0.0950. The van der Waals surface area contributed by atoms with Crippen LogP contribution in [0.5, 0.6) is 0 Å². The van der Waals surface area contributed by atoms with Crippen molar-refractivity contribution in [3.8, 4) is 23.0 Å². The molecule has 1 N–H and O–H groups in total. The number of sulfone groups is 1. The van der Waals surface area contributed by atoms with E-state index in [1.807, 2.05) is 36.5 Å². The maximum absolute atomic E-state index is 12.6. The van der Waals surface area contributed by atoms with Crippen LogP contribution >= 0.6 is 0 Å². The van der Waals surface area contributed by atoms with E-state index in [0.717, 1.165) is 28.5 Å². The number of hydrogen-bond acceptors (Lipinski definition) is 5. The summed E-state index contributed by atoms with van der Waals surface area (Å²) in [4.78, 5) is 21.2. The number of amides is 1. The second-order valence-electron chi connectivity index (χ2n) is 7.95. The van der Waals surface area contributed by atoms with E-state index in [-0.39, 0.29) is 17.3 Å². The van der Waals surface area contributed by atoms with Crippen LogP contribution < -0.4 is 5.32 Å². The number of rotatable bonds is 6. The van der Waals surface area contributed by atoms with Crippen LogP contribution in [0.25, 0.3) is 11.1 Å². The summed E-state index contributed by atoms with van der Waals surface area (Å²) in [6.07, 6.45) is 6.85. The molecule has 0 spiro atoms. The highest BCUT2D eigenvalue weighted by Crippen LogP contribution is 2.19. The number of nitrogens with one attached hydrogen (secondary N) is 1. The number of carbonyl (C=O) groups is 1. The van der Waals surface area contributed by atoms with E-state index in [9.17, 15) is 13.2 Å². The van der Waals surface area contributed by atoms with E-state index in [0.29, 0.717) is 17.7 Å². The molecule has 6 nitrogen and oxygen atoms in total. The minimum absolute atomic E-state index is 0.244. The van der Waals surface area contributed by atoms with Crippen molar-refractivity contribution < 1.29 is 13.2 Å². The van der Waals surface area contributed by atoms with Crippen LogP contribution in [0, 0.1) is 11.8 Å². The molecule has 0 aliphatic rings. The first-order chi connectivity index (χ1) is 16.9. The van der Waals surface area contributed by atoms with E-state index in [1.54, 1.807) is 36.7 Å². The molecular weight excluding hydrogens is 458 g/mol. The number of benzene rings is 2. The Kier molecular flexibility index (Phi) is 7.34. The minimum atomic E-state index is -3.25. The van der Waals surface area contributed by atoms with E-state index < -0.39 is 9.84 Å². The van der Waals surface area contributed by atoms with Crippen molar-refractivity contribution in [2.24, 2.45) is 0 Å². The zero-order valence-electron chi connectivity index (χ0n) is 19.1. The van der Waals surface area contributed by atoms with Crippen LogP contribution in [0.3, 0.4) is 0 Å². The molecule has 0 aliphatic carbocycles. The molecule has 0 saturated heterocycles. The van der Waals surface area contributed by atoms with Crippen molar-refractivity contribution in [1.29, 1.82) is 0 Å². The van der Waals surface area contributed by atoms with Gasteiger partial charge in [-0.25, -0.2) is 13.4 Å². The molecule has 1 amide bonds. The van der Waals surface area contributed by atoms with Crippen LogP contribution in [0.1, 0.15) is 27.2 Å². The van der Waals surface area contributed by atoms with E-state index in [2.05, 4.69) is 33.2 Å². The molecule has 174 valence electrons. The fourth-order valence-corrected chi connectivity index (χ4v) is 4.04. The van der Waals surface area contributed by atoms with Crippen molar-refractivity contribution in [2.45, 2.75) is 17.9 Å². The summed E-state index contributed by atoms with van der Waals surface area (Å²) in [5, 5.41) is 2.83. The van der Waals surface area contributed by atoms with Crippen LogP contribution in [0.4, 0.5) is 0 Å². The van der Waals surface area contributed by atoms with Crippen molar-refractivity contribution in [3.05, 3.63) is 114 Å². The van der Waals surface area contributed by atoms with Gasteiger partial charge < -0.3 is 5.32 Å². The summed E-state index contributed by atoms with van der Waals surface area (Å²) in [6, 6.07) is 21.8. The molecule has 4 aromatic rings. The highest BCUT2D eigenvalue weighted by Gasteiger charge is 2.08. The predicted octanol–water partition coefficient (Wildman–Crippen LogP) is 4.07. The largest absolute Gasteiger partial charge is 0.348 e. The Morgan fingerprint density at radius 2 is 1.71 bits per heavy atom. The molecule has 0 saturated carbocycles. The zero-order chi connectivity index (χ0) is 24.7. The molecule has 0 atom stereocenters. The van der Waals surface area contributed by atoms with Gasteiger partial charge in [0.1, 0.15) is 5.69 Å². The van der Waals surface area contributed by atoms with Gasteiger partial charge in [0.15, 0.2) is 9.84 Å². The maximum Gasteiger partial charge on any atom is 0.251 e. The average Bonchev–Trinajstić information content (AvgIpc) is 2.88. The van der Waals surface area contributed by atoms with E-state index >= 15 is 0 Å². The molecule has 0 fully saturated rings. The van der Waals surface area contributed by atoms with Crippen molar-refractivity contribution in [3.63, 3.8) is 0 Å². The molecule has 35 heavy (non-hydrogen) atoms. The lowest BCUT2D eigenvalue weighted by Crippen LogP contribution is -2.23. The third-order valence-electron chi connectivity index (χ3n) is 5.26. The lowest BCUT2D eigenvalue weighted by Gasteiger charge is -2.06. The van der Waals surface area contributed by atoms with Gasteiger partial charge in [0, 0.05) is 43.4 Å². The van der Waals surface area contributed by atoms with Gasteiger partial charge in [-0.1, -0.05) is 48.4 Å². The average molecular weight is 482 g/mol. The monoisotopic (exact) mass is 481 g/mol. The third-order valence-corrected chi connectivity index (χ3v) is 6.39. The topological polar surface area (TPSA) is 89.0 Å². The molecule has 0 bridgehead atoms. The Labute approximate surface area is 205 Å². The summed E-state index contributed by atoms with van der Waals surface area (Å²) < 4.78 is 23.1. The number of pyridine rings is 2. The second-order valence-corrected chi connectivity index (χ2v) is 9.96. The predicted molar refractivity (Wildman–Crippen MR) is 135 cm³/mol. The van der Waals surface area contributed by atoms with E-state index in [1.165, 1.54) is 12.1 Å². The summed E-state index contributed by atoms with van der Waals surface area (Å²) >= 11 is 0. The summed E-state index contributed by atoms with van der Waals surface area (Å²) in [5.74, 6) is 5.90. The summed E-state index contributed by atoms with van der Waals surface area (Å²) in [7, 11) is -3.25. The molecule has 2 heterocycles. The van der Waals surface area contributed by atoms with Crippen molar-refractivity contribution >= 4 is 15.7 Å². The van der Waals surface area contributed by atoms with Gasteiger partial charge in [-0.15, -0.1) is 0 Å². The maximum atomic E-state index is 12.6. The van der Waals surface area contributed by atoms with E-state index in [4.69, 9.17) is 0 Å². The van der Waals surface area contributed by atoms with Gasteiger partial charge in [0.25, 0.3) is 5.91 Å². The second kappa shape index (κ2) is 10.8. The number of carbonyl (C=O) groups excluding carboxylic acids is 1. The third kappa shape index (κ3) is 6.62. The lowest BCUT2D eigenvalue weighted by atomic mass is 10.0. The highest BCUT2D eigenvalue weighted by molar-refractivity contribution is 7.90. The van der Waals surface area contributed by atoms with Gasteiger partial charge in [-0.2, -0.15) is 0 Å². The molecule has 0 aliphatic heterocycles. The normalized spacial score (nSPS) is 10.8. The first-order valence-corrected chi connectivity index (χ1v) is 12.8. The van der Waals surface area contributed by atoms with Crippen LogP contribution in [0.15, 0.2) is 96.3 Å². The fraction of sp³-hybridized carbons (Fsp3) is 0.107. The van der Waals surface area contributed by atoms with Crippen LogP contribution in [-0.2, 0) is 22.8 Å². The highest BCUT2D eigenvalue weighted by atomic mass is 32.2. The first-order valence-electron chi connectivity index (χ1n) is 10.9. The molecule has 4 rings (SSSR count). The molecule has 7 heteroatoms. The molecule has 0 radical (unpaired) electrons. The Morgan fingerprint density at radius 1 is 0.914 bits per heavy atom. The summed E-state index contributed by atoms with van der Waals surface area (Å²) in [6.45, 7) is 0.277. The summed E-state index contributed by atoms with van der Waals surface area (Å²) in [5.41, 5.74) is 4.98. The molecular formula is C28H23N3O3S. The molecule has 0 unspecified atom stereocenters. The standard InChI is InChI=1S/C28H23N3O3S/c1-35(33,34)27-12-10-22(11-13-27)19-31-28(32)24-14-16-30-26(18-24)9-3-6-21-5-2-7-23(17-21)25-8-4-15-29-20-25/h2,4-5,7-8,10-18,20H,6,19H2,1H3,(H,31,32). The fourth-order valence-electron chi connectivity index (χ4n) is 3.41. The SMILES string of the molecule is CS(=O)(=O)c1ccc(CNC(=O)c2ccnc(C#CCc3cccc(-c4cccnc4)c3)c2)cc1. The van der Waals surface area contributed by atoms with Crippen LogP contribution in [0.2, 0.25) is 0 Å². The van der Waals surface area contributed by atoms with Gasteiger partial charge in [0.05, 0.1) is 4.90 Å². The number of hydrogen-bond donors (Lipinski definition) is 1. The zero-order valence-corrected chi connectivity index (χ0v) is 19.9. The smallest absolute Gasteiger partial charge is 0.251 e. The minimum Gasteiger partial charge on any atom is -0.348 e. The van der Waals surface area contributed by atoms with Crippen molar-refractivity contribution in [2.75, 3.05) is 6.26 Å². The van der Waals surface area contributed by atoms with Crippen LogP contribution in [-0.4, -0.2) is 30.5 Å².